The van der Waals surface area contributed by atoms with Gasteiger partial charge in [0, 0.05) is 5.69 Å². The van der Waals surface area contributed by atoms with Gasteiger partial charge in [0.15, 0.2) is 0 Å². The molecule has 0 atom stereocenters. The van der Waals surface area contributed by atoms with Gasteiger partial charge in [0.05, 0.1) is 6.54 Å². The third kappa shape index (κ3) is 5.86. The first-order chi connectivity index (χ1) is 10.1. The average molecular weight is 289 g/mol. The molecule has 1 aromatic carbocycles. The van der Waals surface area contributed by atoms with E-state index in [-0.39, 0.29) is 5.91 Å². The Morgan fingerprint density at radius 1 is 1.33 bits per heavy atom. The number of hydrogen-bond acceptors (Lipinski definition) is 3. The van der Waals surface area contributed by atoms with Gasteiger partial charge in [-0.2, -0.15) is 0 Å². The zero-order valence-electron chi connectivity index (χ0n) is 13.2. The molecular weight excluding hydrogens is 262 g/mol. The predicted octanol–water partition coefficient (Wildman–Crippen LogP) is 2.26. The van der Waals surface area contributed by atoms with E-state index in [4.69, 9.17) is 0 Å². The van der Waals surface area contributed by atoms with Gasteiger partial charge in [0.25, 0.3) is 0 Å². The Balaban J connectivity index is 1.59. The van der Waals surface area contributed by atoms with E-state index in [9.17, 15) is 4.79 Å². The number of piperidine rings is 1. The second kappa shape index (κ2) is 8.15. The topological polar surface area (TPSA) is 44.4 Å². The number of rotatable bonds is 6. The van der Waals surface area contributed by atoms with Crippen molar-refractivity contribution in [3.63, 3.8) is 0 Å². The fourth-order valence-corrected chi connectivity index (χ4v) is 2.79. The first kappa shape index (κ1) is 16.0. The summed E-state index contributed by atoms with van der Waals surface area (Å²) in [7, 11) is 2.18. The van der Waals surface area contributed by atoms with E-state index in [2.05, 4.69) is 22.6 Å². The molecule has 1 saturated heterocycles. The average Bonchev–Trinajstić information content (AvgIpc) is 2.45. The van der Waals surface area contributed by atoms with Gasteiger partial charge < -0.3 is 15.5 Å². The molecule has 0 saturated carbocycles. The first-order valence-corrected chi connectivity index (χ1v) is 7.89. The number of nitrogens with one attached hydrogen (secondary N) is 2. The summed E-state index contributed by atoms with van der Waals surface area (Å²) >= 11 is 0. The monoisotopic (exact) mass is 289 g/mol. The summed E-state index contributed by atoms with van der Waals surface area (Å²) in [4.78, 5) is 14.2. The summed E-state index contributed by atoms with van der Waals surface area (Å²) in [5.74, 6) is 0.845. The van der Waals surface area contributed by atoms with Crippen LogP contribution in [-0.2, 0) is 4.79 Å². The van der Waals surface area contributed by atoms with Gasteiger partial charge in [-0.15, -0.1) is 0 Å². The molecule has 1 amide bonds. The molecule has 2 N–H and O–H groups in total. The fourth-order valence-electron chi connectivity index (χ4n) is 2.79. The normalized spacial score (nSPS) is 16.9. The summed E-state index contributed by atoms with van der Waals surface area (Å²) in [5, 5.41) is 6.17. The van der Waals surface area contributed by atoms with Gasteiger partial charge in [-0.3, -0.25) is 4.79 Å². The molecule has 4 heteroatoms. The van der Waals surface area contributed by atoms with Crippen molar-refractivity contribution in [3.05, 3.63) is 29.8 Å². The van der Waals surface area contributed by atoms with Crippen molar-refractivity contribution in [1.29, 1.82) is 0 Å². The highest BCUT2D eigenvalue weighted by molar-refractivity contribution is 5.92. The Labute approximate surface area is 127 Å². The number of aryl methyl sites for hydroxylation is 1. The Morgan fingerprint density at radius 2 is 2.10 bits per heavy atom. The smallest absolute Gasteiger partial charge is 0.238 e. The lowest BCUT2D eigenvalue weighted by atomic mass is 9.94. The molecule has 0 aromatic heterocycles. The minimum atomic E-state index is 0.0315. The number of benzene rings is 1. The highest BCUT2D eigenvalue weighted by atomic mass is 16.1. The van der Waals surface area contributed by atoms with Crippen molar-refractivity contribution in [2.45, 2.75) is 26.2 Å². The standard InChI is InChI=1S/C17H27N3O/c1-14-4-3-5-16(12-14)19-17(21)13-18-9-6-15-7-10-20(2)11-8-15/h3-5,12,15,18H,6-11,13H2,1-2H3,(H,19,21). The van der Waals surface area contributed by atoms with Crippen LogP contribution in [0, 0.1) is 12.8 Å². The minimum Gasteiger partial charge on any atom is -0.325 e. The molecule has 21 heavy (non-hydrogen) atoms. The Hall–Kier alpha value is -1.39. The fraction of sp³-hybridized carbons (Fsp3) is 0.588. The van der Waals surface area contributed by atoms with E-state index in [0.717, 1.165) is 23.7 Å². The maximum Gasteiger partial charge on any atom is 0.238 e. The van der Waals surface area contributed by atoms with E-state index < -0.39 is 0 Å². The Kier molecular flexibility index (Phi) is 6.21. The molecule has 2 rings (SSSR count). The van der Waals surface area contributed by atoms with Crippen molar-refractivity contribution in [1.82, 2.24) is 10.2 Å². The molecule has 0 spiro atoms. The van der Waals surface area contributed by atoms with Gasteiger partial charge in [-0.05, 0) is 76.5 Å². The Morgan fingerprint density at radius 3 is 2.81 bits per heavy atom. The lowest BCUT2D eigenvalue weighted by Crippen LogP contribution is -2.33. The molecule has 4 nitrogen and oxygen atoms in total. The summed E-state index contributed by atoms with van der Waals surface area (Å²) in [6.45, 7) is 5.75. The van der Waals surface area contributed by atoms with E-state index >= 15 is 0 Å². The minimum absolute atomic E-state index is 0.0315. The maximum atomic E-state index is 11.8. The van der Waals surface area contributed by atoms with Crippen molar-refractivity contribution in [2.75, 3.05) is 38.5 Å². The molecule has 0 aliphatic carbocycles. The van der Waals surface area contributed by atoms with Crippen molar-refractivity contribution >= 4 is 11.6 Å². The summed E-state index contributed by atoms with van der Waals surface area (Å²) in [5.41, 5.74) is 2.03. The third-order valence-electron chi connectivity index (χ3n) is 4.15. The number of anilines is 1. The molecule has 1 aromatic rings. The molecule has 0 radical (unpaired) electrons. The largest absolute Gasteiger partial charge is 0.325 e. The van der Waals surface area contributed by atoms with Crippen LogP contribution in [0.15, 0.2) is 24.3 Å². The molecule has 1 aliphatic rings. The first-order valence-electron chi connectivity index (χ1n) is 7.89. The van der Waals surface area contributed by atoms with Crippen molar-refractivity contribution < 1.29 is 4.79 Å². The second-order valence-electron chi connectivity index (χ2n) is 6.13. The van der Waals surface area contributed by atoms with E-state index in [1.165, 1.54) is 32.4 Å². The van der Waals surface area contributed by atoms with Crippen LogP contribution in [0.1, 0.15) is 24.8 Å². The molecule has 0 unspecified atom stereocenters. The number of carbonyl (C=O) groups excluding carboxylic acids is 1. The van der Waals surface area contributed by atoms with Crippen LogP contribution in [0.5, 0.6) is 0 Å². The van der Waals surface area contributed by atoms with Gasteiger partial charge in [-0.1, -0.05) is 12.1 Å². The van der Waals surface area contributed by atoms with Crippen LogP contribution in [-0.4, -0.2) is 44.0 Å². The number of hydrogen-bond donors (Lipinski definition) is 2. The summed E-state index contributed by atoms with van der Waals surface area (Å²) < 4.78 is 0. The summed E-state index contributed by atoms with van der Waals surface area (Å²) in [6, 6.07) is 7.88. The molecule has 116 valence electrons. The van der Waals surface area contributed by atoms with Crippen molar-refractivity contribution in [3.8, 4) is 0 Å². The number of likely N-dealkylation sites (tertiary alicyclic amines) is 1. The van der Waals surface area contributed by atoms with Crippen molar-refractivity contribution in [2.24, 2.45) is 5.92 Å². The van der Waals surface area contributed by atoms with Crippen LogP contribution in [0.2, 0.25) is 0 Å². The van der Waals surface area contributed by atoms with Crippen LogP contribution < -0.4 is 10.6 Å². The number of carbonyl (C=O) groups is 1. The van der Waals surface area contributed by atoms with Gasteiger partial charge in [0.1, 0.15) is 0 Å². The summed E-state index contributed by atoms with van der Waals surface area (Å²) in [6.07, 6.45) is 3.74. The molecule has 1 fully saturated rings. The highest BCUT2D eigenvalue weighted by Gasteiger charge is 2.15. The van der Waals surface area contributed by atoms with Crippen LogP contribution in [0.25, 0.3) is 0 Å². The predicted molar refractivity (Wildman–Crippen MR) is 87.5 cm³/mol. The quantitative estimate of drug-likeness (QED) is 0.790. The highest BCUT2D eigenvalue weighted by Crippen LogP contribution is 2.18. The van der Waals surface area contributed by atoms with E-state index in [0.29, 0.717) is 6.54 Å². The van der Waals surface area contributed by atoms with E-state index in [1.807, 2.05) is 31.2 Å². The lowest BCUT2D eigenvalue weighted by molar-refractivity contribution is -0.115. The molecule has 1 aliphatic heterocycles. The SMILES string of the molecule is Cc1cccc(NC(=O)CNCCC2CCN(C)CC2)c1. The van der Waals surface area contributed by atoms with E-state index in [1.54, 1.807) is 0 Å². The zero-order chi connectivity index (χ0) is 15.1. The van der Waals surface area contributed by atoms with Gasteiger partial charge in [0.2, 0.25) is 5.91 Å². The van der Waals surface area contributed by atoms with Crippen LogP contribution in [0.4, 0.5) is 5.69 Å². The maximum absolute atomic E-state index is 11.8. The Bertz CT molecular complexity index is 453. The zero-order valence-corrected chi connectivity index (χ0v) is 13.2. The number of amides is 1. The molecular formula is C17H27N3O. The number of nitrogens with zero attached hydrogens (tertiary/aromatic N) is 1. The van der Waals surface area contributed by atoms with Gasteiger partial charge >= 0.3 is 0 Å². The van der Waals surface area contributed by atoms with Crippen LogP contribution >= 0.6 is 0 Å². The lowest BCUT2D eigenvalue weighted by Gasteiger charge is -2.28. The second-order valence-corrected chi connectivity index (χ2v) is 6.13. The molecule has 0 bridgehead atoms. The van der Waals surface area contributed by atoms with Crippen LogP contribution in [0.3, 0.4) is 0 Å². The third-order valence-corrected chi connectivity index (χ3v) is 4.15. The molecule has 1 heterocycles. The van der Waals surface area contributed by atoms with Gasteiger partial charge in [-0.25, -0.2) is 0 Å².